The molecular formula is C13H17N5O3S2. The summed E-state index contributed by atoms with van der Waals surface area (Å²) in [6, 6.07) is 1.56. The average molecular weight is 355 g/mol. The van der Waals surface area contributed by atoms with Crippen molar-refractivity contribution in [2.75, 3.05) is 18.8 Å². The zero-order chi connectivity index (χ0) is 16.4. The zero-order valence-electron chi connectivity index (χ0n) is 12.5. The van der Waals surface area contributed by atoms with Gasteiger partial charge in [0.25, 0.3) is 5.91 Å². The number of amides is 1. The van der Waals surface area contributed by atoms with Crippen LogP contribution < -0.4 is 5.32 Å². The summed E-state index contributed by atoms with van der Waals surface area (Å²) in [6.45, 7) is 2.52. The molecule has 8 nitrogen and oxygen atoms in total. The molecule has 0 saturated heterocycles. The van der Waals surface area contributed by atoms with Crippen molar-refractivity contribution in [2.45, 2.75) is 19.5 Å². The van der Waals surface area contributed by atoms with Crippen molar-refractivity contribution in [3.8, 4) is 0 Å². The fourth-order valence-electron chi connectivity index (χ4n) is 2.52. The topological polar surface area (TPSA) is 97.2 Å². The summed E-state index contributed by atoms with van der Waals surface area (Å²) in [5.41, 5.74) is 2.78. The fourth-order valence-corrected chi connectivity index (χ4v) is 4.15. The minimum Gasteiger partial charge on any atom is -0.348 e. The number of carbonyl (C=O) groups is 1. The molecule has 124 valence electrons. The Kier molecular flexibility index (Phi) is 4.46. The lowest BCUT2D eigenvalue weighted by molar-refractivity contribution is 0.0938. The van der Waals surface area contributed by atoms with Crippen LogP contribution in [0.1, 0.15) is 29.1 Å². The lowest BCUT2D eigenvalue weighted by atomic mass is 10.2. The first-order valence-corrected chi connectivity index (χ1v) is 9.73. The highest BCUT2D eigenvalue weighted by molar-refractivity contribution is 7.89. The van der Waals surface area contributed by atoms with Crippen molar-refractivity contribution in [3.05, 3.63) is 34.5 Å². The molecule has 1 amide bonds. The van der Waals surface area contributed by atoms with Crippen LogP contribution >= 0.6 is 11.3 Å². The van der Waals surface area contributed by atoms with Crippen molar-refractivity contribution in [1.29, 1.82) is 0 Å². The van der Waals surface area contributed by atoms with Crippen molar-refractivity contribution in [1.82, 2.24) is 24.4 Å². The second-order valence-electron chi connectivity index (χ2n) is 5.20. The average Bonchev–Trinajstić information content (AvgIpc) is 3.22. The van der Waals surface area contributed by atoms with Gasteiger partial charge in [0.15, 0.2) is 0 Å². The van der Waals surface area contributed by atoms with E-state index in [1.54, 1.807) is 34.8 Å². The molecule has 0 bridgehead atoms. The van der Waals surface area contributed by atoms with Gasteiger partial charge in [0.1, 0.15) is 5.69 Å². The van der Waals surface area contributed by atoms with E-state index in [4.69, 9.17) is 0 Å². The minimum absolute atomic E-state index is 0.0546. The Morgan fingerprint density at radius 3 is 3.04 bits per heavy atom. The first-order valence-electron chi connectivity index (χ1n) is 7.18. The van der Waals surface area contributed by atoms with Crippen LogP contribution in [0.15, 0.2) is 23.2 Å². The third kappa shape index (κ3) is 3.28. The Balaban J connectivity index is 1.74. The van der Waals surface area contributed by atoms with Crippen molar-refractivity contribution in [3.63, 3.8) is 0 Å². The SMILES string of the molecule is CCS(=O)(=O)N1Cc2ccnn2[C@H](CNC(=O)c2cscn2)C1. The van der Waals surface area contributed by atoms with Crippen LogP contribution in [-0.4, -0.2) is 52.2 Å². The molecule has 3 heterocycles. The number of hydrogen-bond donors (Lipinski definition) is 1. The number of rotatable bonds is 5. The molecule has 10 heteroatoms. The quantitative estimate of drug-likeness (QED) is 0.841. The fraction of sp³-hybridized carbons (Fsp3) is 0.462. The van der Waals surface area contributed by atoms with Gasteiger partial charge in [-0.3, -0.25) is 9.48 Å². The molecule has 0 aromatic carbocycles. The van der Waals surface area contributed by atoms with E-state index in [1.807, 2.05) is 0 Å². The number of aromatic nitrogens is 3. The lowest BCUT2D eigenvalue weighted by Gasteiger charge is -2.33. The molecule has 1 aliphatic heterocycles. The Morgan fingerprint density at radius 1 is 1.52 bits per heavy atom. The molecule has 1 N–H and O–H groups in total. The molecule has 0 saturated carbocycles. The molecule has 2 aromatic rings. The van der Waals surface area contributed by atoms with Crippen molar-refractivity contribution >= 4 is 27.3 Å². The third-order valence-electron chi connectivity index (χ3n) is 3.77. The van der Waals surface area contributed by atoms with Gasteiger partial charge in [0.05, 0.1) is 29.5 Å². The van der Waals surface area contributed by atoms with Gasteiger partial charge in [-0.25, -0.2) is 13.4 Å². The van der Waals surface area contributed by atoms with Gasteiger partial charge in [-0.05, 0) is 13.0 Å². The maximum atomic E-state index is 12.2. The summed E-state index contributed by atoms with van der Waals surface area (Å²) in [5.74, 6) is -0.214. The molecule has 1 atom stereocenters. The maximum absolute atomic E-state index is 12.2. The van der Waals surface area contributed by atoms with Crippen LogP contribution in [0.2, 0.25) is 0 Å². The summed E-state index contributed by atoms with van der Waals surface area (Å²) >= 11 is 1.35. The van der Waals surface area contributed by atoms with E-state index in [-0.39, 0.29) is 17.7 Å². The number of sulfonamides is 1. The molecule has 0 spiro atoms. The smallest absolute Gasteiger partial charge is 0.270 e. The zero-order valence-corrected chi connectivity index (χ0v) is 14.2. The van der Waals surface area contributed by atoms with Crippen LogP contribution in [0, 0.1) is 0 Å². The number of nitrogens with zero attached hydrogens (tertiary/aromatic N) is 4. The van der Waals surface area contributed by atoms with Crippen LogP contribution in [-0.2, 0) is 16.6 Å². The van der Waals surface area contributed by atoms with E-state index in [1.165, 1.54) is 15.6 Å². The van der Waals surface area contributed by atoms with Gasteiger partial charge in [0, 0.05) is 24.7 Å². The third-order valence-corrected chi connectivity index (χ3v) is 6.15. The summed E-state index contributed by atoms with van der Waals surface area (Å²) in [6.07, 6.45) is 1.65. The Hall–Kier alpha value is -1.78. The molecule has 0 unspecified atom stereocenters. The molecule has 0 radical (unpaired) electrons. The van der Waals surface area contributed by atoms with E-state index in [9.17, 15) is 13.2 Å². The van der Waals surface area contributed by atoms with E-state index in [2.05, 4.69) is 15.4 Å². The maximum Gasteiger partial charge on any atom is 0.270 e. The van der Waals surface area contributed by atoms with Crippen LogP contribution in [0.4, 0.5) is 0 Å². The molecule has 3 rings (SSSR count). The normalized spacial score (nSPS) is 18.6. The van der Waals surface area contributed by atoms with Gasteiger partial charge in [-0.15, -0.1) is 11.3 Å². The van der Waals surface area contributed by atoms with Gasteiger partial charge >= 0.3 is 0 Å². The highest BCUT2D eigenvalue weighted by Crippen LogP contribution is 2.22. The molecule has 23 heavy (non-hydrogen) atoms. The Morgan fingerprint density at radius 2 is 2.35 bits per heavy atom. The number of hydrogen-bond acceptors (Lipinski definition) is 6. The van der Waals surface area contributed by atoms with Crippen molar-refractivity contribution < 1.29 is 13.2 Å². The first-order chi connectivity index (χ1) is 11.0. The standard InChI is InChI=1S/C13H17N5O3S2/c1-2-23(20,21)17-6-10-3-4-16-18(10)11(7-17)5-14-13(19)12-8-22-9-15-12/h3-4,8-9,11H,2,5-7H2,1H3,(H,14,19)/t11-/m1/s1. The van der Waals surface area contributed by atoms with Crippen LogP contribution in [0.5, 0.6) is 0 Å². The summed E-state index contributed by atoms with van der Waals surface area (Å²) < 4.78 is 27.5. The number of fused-ring (bicyclic) bond motifs is 1. The van der Waals surface area contributed by atoms with E-state index < -0.39 is 10.0 Å². The van der Waals surface area contributed by atoms with E-state index in [0.717, 1.165) is 5.69 Å². The molecule has 0 aliphatic carbocycles. The Labute approximate surface area is 138 Å². The van der Waals surface area contributed by atoms with Gasteiger partial charge < -0.3 is 5.32 Å². The van der Waals surface area contributed by atoms with Gasteiger partial charge in [-0.1, -0.05) is 0 Å². The van der Waals surface area contributed by atoms with E-state index >= 15 is 0 Å². The first kappa shape index (κ1) is 16.1. The molecule has 0 fully saturated rings. The molecular weight excluding hydrogens is 338 g/mol. The molecule has 1 aliphatic rings. The predicted octanol–water partition coefficient (Wildman–Crippen LogP) is 0.476. The second-order valence-corrected chi connectivity index (χ2v) is 8.17. The minimum atomic E-state index is -3.29. The highest BCUT2D eigenvalue weighted by Gasteiger charge is 2.32. The van der Waals surface area contributed by atoms with Crippen LogP contribution in [0.25, 0.3) is 0 Å². The predicted molar refractivity (Wildman–Crippen MR) is 85.6 cm³/mol. The second kappa shape index (κ2) is 6.38. The monoisotopic (exact) mass is 355 g/mol. The summed E-state index contributed by atoms with van der Waals surface area (Å²) in [5, 5.41) is 8.72. The Bertz CT molecular complexity index is 784. The van der Waals surface area contributed by atoms with Gasteiger partial charge in [-0.2, -0.15) is 9.40 Å². The number of carbonyl (C=O) groups excluding carboxylic acids is 1. The number of thiazole rings is 1. The lowest BCUT2D eigenvalue weighted by Crippen LogP contribution is -2.45. The molecule has 2 aromatic heterocycles. The van der Waals surface area contributed by atoms with Crippen molar-refractivity contribution in [2.24, 2.45) is 0 Å². The summed E-state index contributed by atoms with van der Waals surface area (Å²) in [4.78, 5) is 16.0. The van der Waals surface area contributed by atoms with Crippen LogP contribution in [0.3, 0.4) is 0 Å². The largest absolute Gasteiger partial charge is 0.348 e. The van der Waals surface area contributed by atoms with E-state index in [0.29, 0.717) is 25.3 Å². The highest BCUT2D eigenvalue weighted by atomic mass is 32.2. The van der Waals surface area contributed by atoms with Gasteiger partial charge in [0.2, 0.25) is 10.0 Å². The number of nitrogens with one attached hydrogen (secondary N) is 1. The summed E-state index contributed by atoms with van der Waals surface area (Å²) in [7, 11) is -3.29.